The van der Waals surface area contributed by atoms with Crippen molar-refractivity contribution in [1.29, 1.82) is 0 Å². The number of piperidine rings is 1. The van der Waals surface area contributed by atoms with E-state index in [1.165, 1.54) is 0 Å². The van der Waals surface area contributed by atoms with Gasteiger partial charge in [-0.05, 0) is 31.5 Å². The first-order valence-corrected chi connectivity index (χ1v) is 5.52. The van der Waals surface area contributed by atoms with Gasteiger partial charge in [-0.25, -0.2) is 4.39 Å². The summed E-state index contributed by atoms with van der Waals surface area (Å²) in [4.78, 5) is 0. The summed E-state index contributed by atoms with van der Waals surface area (Å²) in [6.07, 6.45) is -4.70. The Balaban J connectivity index is 2.03. The molecule has 0 saturated carbocycles. The van der Waals surface area contributed by atoms with Crippen molar-refractivity contribution in [2.24, 2.45) is 0 Å². The zero-order chi connectivity index (χ0) is 14.7. The zero-order valence-corrected chi connectivity index (χ0v) is 9.14. The maximum Gasteiger partial charge on any atom is 0.416 e. The van der Waals surface area contributed by atoms with Crippen LogP contribution in [0.15, 0.2) is 12.1 Å². The predicted octanol–water partition coefficient (Wildman–Crippen LogP) is 3.03. The summed E-state index contributed by atoms with van der Waals surface area (Å²) in [5.74, 6) is -1.18. The third-order valence-corrected chi connectivity index (χ3v) is 3.19. The SMILES string of the molecule is [2H]C1([2H])CC[C@@H]2Oc3cc(C(F)(F)F)cc(F)c3[C@@H]2N1. The van der Waals surface area contributed by atoms with Crippen molar-refractivity contribution in [3.8, 4) is 5.75 Å². The summed E-state index contributed by atoms with van der Waals surface area (Å²) in [5.41, 5.74) is -1.12. The van der Waals surface area contributed by atoms with Crippen LogP contribution in [0.25, 0.3) is 0 Å². The van der Waals surface area contributed by atoms with Crippen LogP contribution in [0, 0.1) is 5.82 Å². The molecule has 1 fully saturated rings. The highest BCUT2D eigenvalue weighted by Gasteiger charge is 2.41. The minimum atomic E-state index is -4.64. The van der Waals surface area contributed by atoms with Gasteiger partial charge in [0.2, 0.25) is 0 Å². The third kappa shape index (κ3) is 1.75. The van der Waals surface area contributed by atoms with Gasteiger partial charge in [0.15, 0.2) is 0 Å². The number of ether oxygens (including phenoxy) is 1. The second-order valence-electron chi connectivity index (χ2n) is 4.36. The van der Waals surface area contributed by atoms with Crippen molar-refractivity contribution in [3.05, 3.63) is 29.1 Å². The Hall–Kier alpha value is -1.30. The molecule has 1 aromatic carbocycles. The van der Waals surface area contributed by atoms with E-state index >= 15 is 0 Å². The number of hydrogen-bond acceptors (Lipinski definition) is 2. The molecule has 2 heterocycles. The van der Waals surface area contributed by atoms with Crippen LogP contribution in [0.4, 0.5) is 17.6 Å². The molecule has 2 nitrogen and oxygen atoms in total. The lowest BCUT2D eigenvalue weighted by molar-refractivity contribution is -0.137. The first-order chi connectivity index (χ1) is 9.17. The molecule has 0 aromatic heterocycles. The molecule has 0 radical (unpaired) electrons. The maximum absolute atomic E-state index is 14.0. The summed E-state index contributed by atoms with van der Waals surface area (Å²) in [7, 11) is 0. The van der Waals surface area contributed by atoms with E-state index in [-0.39, 0.29) is 17.7 Å². The van der Waals surface area contributed by atoms with Gasteiger partial charge >= 0.3 is 6.18 Å². The Labute approximate surface area is 104 Å². The van der Waals surface area contributed by atoms with Crippen LogP contribution in [-0.2, 0) is 6.18 Å². The van der Waals surface area contributed by atoms with Crippen molar-refractivity contribution < 1.29 is 25.0 Å². The lowest BCUT2D eigenvalue weighted by atomic mass is 9.95. The van der Waals surface area contributed by atoms with Gasteiger partial charge in [0.1, 0.15) is 17.7 Å². The van der Waals surface area contributed by atoms with Gasteiger partial charge in [0.05, 0.1) is 17.2 Å². The summed E-state index contributed by atoms with van der Waals surface area (Å²) in [6, 6.07) is 0.445. The number of fused-ring (bicyclic) bond motifs is 3. The van der Waals surface area contributed by atoms with Gasteiger partial charge in [0.25, 0.3) is 0 Å². The summed E-state index contributed by atoms with van der Waals surface area (Å²) >= 11 is 0. The Morgan fingerprint density at radius 3 is 2.89 bits per heavy atom. The van der Waals surface area contributed by atoms with Crippen LogP contribution in [0.2, 0.25) is 0 Å². The molecule has 2 aliphatic heterocycles. The van der Waals surface area contributed by atoms with Crippen molar-refractivity contribution in [2.45, 2.75) is 31.2 Å². The average Bonchev–Trinajstić information content (AvgIpc) is 2.64. The molecule has 0 amide bonds. The number of halogens is 4. The monoisotopic (exact) mass is 263 g/mol. The van der Waals surface area contributed by atoms with Crippen molar-refractivity contribution >= 4 is 0 Å². The molecule has 1 N–H and O–H groups in total. The van der Waals surface area contributed by atoms with Gasteiger partial charge in [-0.15, -0.1) is 0 Å². The van der Waals surface area contributed by atoms with Crippen LogP contribution >= 0.6 is 0 Å². The molecule has 0 bridgehead atoms. The van der Waals surface area contributed by atoms with E-state index in [9.17, 15) is 17.6 Å². The normalized spacial score (nSPS) is 30.9. The quantitative estimate of drug-likeness (QED) is 0.726. The number of nitrogens with one attached hydrogen (secondary N) is 1. The molecule has 0 spiro atoms. The maximum atomic E-state index is 14.0. The molecule has 0 aliphatic carbocycles. The Morgan fingerprint density at radius 1 is 1.39 bits per heavy atom. The molecular weight excluding hydrogens is 250 g/mol. The molecule has 2 atom stereocenters. The highest BCUT2D eigenvalue weighted by molar-refractivity contribution is 5.45. The fourth-order valence-corrected chi connectivity index (χ4v) is 2.36. The average molecular weight is 263 g/mol. The topological polar surface area (TPSA) is 21.3 Å². The Kier molecular flexibility index (Phi) is 2.05. The van der Waals surface area contributed by atoms with E-state index in [4.69, 9.17) is 7.48 Å². The highest BCUT2D eigenvalue weighted by atomic mass is 19.4. The van der Waals surface area contributed by atoms with E-state index in [0.29, 0.717) is 12.5 Å². The molecule has 6 heteroatoms. The summed E-state index contributed by atoms with van der Waals surface area (Å²) < 4.78 is 72.5. The molecule has 98 valence electrons. The molecule has 0 unspecified atom stereocenters. The molecule has 2 aliphatic rings. The minimum absolute atomic E-state index is 0.0217. The van der Waals surface area contributed by atoms with E-state index < -0.39 is 36.2 Å². The highest BCUT2D eigenvalue weighted by Crippen LogP contribution is 2.44. The Bertz CT molecular complexity index is 561. The fraction of sp³-hybridized carbons (Fsp3) is 0.500. The second kappa shape index (κ2) is 3.85. The van der Waals surface area contributed by atoms with Gasteiger partial charge in [-0.3, -0.25) is 0 Å². The number of benzene rings is 1. The summed E-state index contributed by atoms with van der Waals surface area (Å²) in [6.45, 7) is -1.68. The lowest BCUT2D eigenvalue weighted by Crippen LogP contribution is -2.37. The van der Waals surface area contributed by atoms with E-state index in [2.05, 4.69) is 5.32 Å². The fourth-order valence-electron chi connectivity index (χ4n) is 2.36. The summed E-state index contributed by atoms with van der Waals surface area (Å²) in [5, 5.41) is 2.60. The number of hydrogen-bond donors (Lipinski definition) is 1. The van der Waals surface area contributed by atoms with E-state index in [0.717, 1.165) is 6.07 Å². The molecule has 1 aromatic rings. The molecular formula is C12H11F4NO. The van der Waals surface area contributed by atoms with E-state index in [1.54, 1.807) is 0 Å². The third-order valence-electron chi connectivity index (χ3n) is 3.19. The van der Waals surface area contributed by atoms with Gasteiger partial charge in [-0.2, -0.15) is 13.2 Å². The van der Waals surface area contributed by atoms with Crippen LogP contribution in [-0.4, -0.2) is 12.6 Å². The van der Waals surface area contributed by atoms with Crippen LogP contribution < -0.4 is 10.1 Å². The standard InChI is InChI=1S/C12H11F4NO/c13-7-4-6(12(14,15)16)5-9-10(7)11-8(18-9)2-1-3-17-11/h4-5,8,11,17H,1-3H2/t8-,11+/m0/s1/i3D2. The van der Waals surface area contributed by atoms with Crippen molar-refractivity contribution in [2.75, 3.05) is 6.50 Å². The minimum Gasteiger partial charge on any atom is -0.488 e. The molecule has 3 rings (SSSR count). The van der Waals surface area contributed by atoms with Crippen LogP contribution in [0.1, 0.15) is 32.8 Å². The van der Waals surface area contributed by atoms with Gasteiger partial charge in [-0.1, -0.05) is 0 Å². The van der Waals surface area contributed by atoms with Gasteiger partial charge < -0.3 is 10.1 Å². The Morgan fingerprint density at radius 2 is 2.17 bits per heavy atom. The first-order valence-electron chi connectivity index (χ1n) is 6.52. The van der Waals surface area contributed by atoms with Gasteiger partial charge in [0, 0.05) is 2.74 Å². The second-order valence-corrected chi connectivity index (χ2v) is 4.36. The number of rotatable bonds is 0. The first kappa shape index (κ1) is 9.61. The predicted molar refractivity (Wildman–Crippen MR) is 55.8 cm³/mol. The van der Waals surface area contributed by atoms with Crippen LogP contribution in [0.3, 0.4) is 0 Å². The van der Waals surface area contributed by atoms with Crippen LogP contribution in [0.5, 0.6) is 5.75 Å². The molecule has 18 heavy (non-hydrogen) atoms. The van der Waals surface area contributed by atoms with Crippen molar-refractivity contribution in [3.63, 3.8) is 0 Å². The van der Waals surface area contributed by atoms with E-state index in [1.807, 2.05) is 0 Å². The smallest absolute Gasteiger partial charge is 0.416 e. The number of alkyl halides is 3. The zero-order valence-electron chi connectivity index (χ0n) is 11.1. The van der Waals surface area contributed by atoms with Crippen molar-refractivity contribution in [1.82, 2.24) is 5.32 Å². The molecule has 1 saturated heterocycles. The lowest BCUT2D eigenvalue weighted by Gasteiger charge is -2.25. The largest absolute Gasteiger partial charge is 0.488 e.